The zero-order valence-corrected chi connectivity index (χ0v) is 37.8. The minimum absolute atomic E-state index is 0.0204. The molecule has 0 saturated carbocycles. The fraction of sp³-hybridized carbons (Fsp3) is 0.683. The second kappa shape index (κ2) is 27.2. The Kier molecular flexibility index (Phi) is 23.4. The van der Waals surface area contributed by atoms with E-state index in [9.17, 15) is 48.9 Å². The fourth-order valence-electron chi connectivity index (χ4n) is 5.98. The van der Waals surface area contributed by atoms with Crippen LogP contribution in [0.15, 0.2) is 18.2 Å². The lowest BCUT2D eigenvalue weighted by Crippen LogP contribution is -2.59. The number of benzene rings is 1. The van der Waals surface area contributed by atoms with E-state index >= 15 is 0 Å². The minimum atomic E-state index is -1.67. The summed E-state index contributed by atoms with van der Waals surface area (Å²) in [5.74, 6) is -3.61. The van der Waals surface area contributed by atoms with Crippen LogP contribution in [-0.2, 0) is 42.9 Å². The summed E-state index contributed by atoms with van der Waals surface area (Å²) in [5.41, 5.74) is 9.78. The molecule has 1 heterocycles. The normalized spacial score (nSPS) is 19.9. The quantitative estimate of drug-likeness (QED) is 0.0430. The molecule has 0 spiro atoms. The average molecular weight is 913 g/mol. The van der Waals surface area contributed by atoms with Crippen LogP contribution in [0.4, 0.5) is 10.5 Å². The van der Waals surface area contributed by atoms with Crippen LogP contribution in [0.5, 0.6) is 5.75 Å². The Balaban J connectivity index is 1.85. The number of hydrazine groups is 1. The molecular weight excluding hydrogens is 844 g/mol. The number of rotatable bonds is 24. The summed E-state index contributed by atoms with van der Waals surface area (Å²) in [6.45, 7) is 11.2. The molecule has 1 aromatic carbocycles. The number of hydrogen-bond donors (Lipinski definition) is 11. The number of carbonyl (C=O) groups is 7. The average Bonchev–Trinajstić information content (AvgIpc) is 3.21. The van der Waals surface area contributed by atoms with E-state index in [1.54, 1.807) is 34.6 Å². The summed E-state index contributed by atoms with van der Waals surface area (Å²) in [4.78, 5) is 88.1. The van der Waals surface area contributed by atoms with Crippen molar-refractivity contribution in [1.29, 1.82) is 0 Å². The van der Waals surface area contributed by atoms with Crippen LogP contribution < -0.4 is 47.9 Å². The molecule has 1 saturated heterocycles. The standard InChI is InChI=1S/C41H68N8O15/c1-22(2)31(47-35(55)23(3)44-40(59)64-41(5,6)7)38(58)43-17-11-18-62-39-34(54)33(53)32(52)29(63-39)21-61-19-15-30(51)46-27(12-9-10-16-42)37(57)49-48-36(56)26-20-25(45-24(4)50)13-14-28(26)60-8/h13-14,20,22-23,27,29,31-34,39,52-54H,9-12,15-19,21,42H2,1-8H3,(H,43,58)(H,44,59)(H,45,50)(H,46,51)(H,47,55)(H,48,56)(H,49,57)/t23-,27-,29+,31-,32+,33-,34+,39?/m0/s1. The summed E-state index contributed by atoms with van der Waals surface area (Å²) < 4.78 is 27.2. The zero-order valence-electron chi connectivity index (χ0n) is 37.8. The number of aliphatic hydroxyl groups is 3. The van der Waals surface area contributed by atoms with Crippen molar-refractivity contribution in [2.24, 2.45) is 11.7 Å². The number of alkyl carbamates (subject to hydrolysis) is 1. The molecule has 0 radical (unpaired) electrons. The molecule has 7 amide bonds. The molecule has 12 N–H and O–H groups in total. The number of aliphatic hydroxyl groups excluding tert-OH is 3. The smallest absolute Gasteiger partial charge is 0.408 e. The summed E-state index contributed by atoms with van der Waals surface area (Å²) in [6, 6.07) is 1.40. The van der Waals surface area contributed by atoms with E-state index in [4.69, 9.17) is 29.4 Å². The molecule has 362 valence electrons. The summed E-state index contributed by atoms with van der Waals surface area (Å²) in [6.07, 6.45) is -7.00. The first kappa shape index (κ1) is 55.0. The number of carbonyl (C=O) groups excluding carboxylic acids is 7. The van der Waals surface area contributed by atoms with Gasteiger partial charge in [0, 0.05) is 25.6 Å². The van der Waals surface area contributed by atoms with Gasteiger partial charge >= 0.3 is 6.09 Å². The lowest BCUT2D eigenvalue weighted by molar-refractivity contribution is -0.302. The second-order valence-corrected chi connectivity index (χ2v) is 16.4. The van der Waals surface area contributed by atoms with Crippen LogP contribution in [0.1, 0.15) is 90.9 Å². The van der Waals surface area contributed by atoms with Crippen LogP contribution >= 0.6 is 0 Å². The van der Waals surface area contributed by atoms with Crippen molar-refractivity contribution in [3.8, 4) is 5.75 Å². The van der Waals surface area contributed by atoms with Gasteiger partial charge in [-0.05, 0) is 84.0 Å². The molecule has 1 aliphatic heterocycles. The fourth-order valence-corrected chi connectivity index (χ4v) is 5.98. The molecular formula is C41H68N8O15. The Hall–Kier alpha value is -5.17. The van der Waals surface area contributed by atoms with Gasteiger partial charge in [-0.1, -0.05) is 13.8 Å². The minimum Gasteiger partial charge on any atom is -0.496 e. The molecule has 23 nitrogen and oxygen atoms in total. The maximum Gasteiger partial charge on any atom is 0.408 e. The lowest BCUT2D eigenvalue weighted by Gasteiger charge is -2.40. The number of unbranched alkanes of at least 4 members (excludes halogenated alkanes) is 1. The first-order chi connectivity index (χ1) is 30.1. The number of anilines is 1. The summed E-state index contributed by atoms with van der Waals surface area (Å²) in [5, 5.41) is 44.5. The molecule has 1 aliphatic rings. The van der Waals surface area contributed by atoms with E-state index in [1.165, 1.54) is 39.2 Å². The van der Waals surface area contributed by atoms with E-state index in [1.807, 2.05) is 0 Å². The number of amides is 7. The predicted molar refractivity (Wildman–Crippen MR) is 229 cm³/mol. The van der Waals surface area contributed by atoms with E-state index in [0.717, 1.165) is 0 Å². The van der Waals surface area contributed by atoms with Gasteiger partial charge < -0.3 is 71.3 Å². The van der Waals surface area contributed by atoms with Crippen LogP contribution in [0.25, 0.3) is 0 Å². The van der Waals surface area contributed by atoms with Crippen molar-refractivity contribution in [3.05, 3.63) is 23.8 Å². The molecule has 1 aromatic rings. The van der Waals surface area contributed by atoms with Gasteiger partial charge in [-0.3, -0.25) is 39.6 Å². The van der Waals surface area contributed by atoms with E-state index in [0.29, 0.717) is 25.1 Å². The van der Waals surface area contributed by atoms with Gasteiger partial charge in [0.2, 0.25) is 23.6 Å². The van der Waals surface area contributed by atoms with E-state index < -0.39 is 90.1 Å². The van der Waals surface area contributed by atoms with Gasteiger partial charge in [-0.15, -0.1) is 0 Å². The number of methoxy groups -OCH3 is 1. The highest BCUT2D eigenvalue weighted by atomic mass is 16.7. The van der Waals surface area contributed by atoms with Gasteiger partial charge in [0.05, 0.1) is 32.5 Å². The highest BCUT2D eigenvalue weighted by Gasteiger charge is 2.44. The first-order valence-corrected chi connectivity index (χ1v) is 21.1. The van der Waals surface area contributed by atoms with Crippen LogP contribution in [0.3, 0.4) is 0 Å². The van der Waals surface area contributed by atoms with Gasteiger partial charge in [-0.25, -0.2) is 4.79 Å². The monoisotopic (exact) mass is 912 g/mol. The lowest BCUT2D eigenvalue weighted by atomic mass is 9.99. The molecule has 64 heavy (non-hydrogen) atoms. The highest BCUT2D eigenvalue weighted by Crippen LogP contribution is 2.24. The molecule has 8 atom stereocenters. The Morgan fingerprint density at radius 3 is 2.19 bits per heavy atom. The SMILES string of the molecule is COc1ccc(NC(C)=O)cc1C(=O)NNC(=O)[C@H](CCCCN)NC(=O)CCOC[C@H]1OC(OCCCNC(=O)[C@@H](NC(=O)[C@H](C)NC(=O)OC(C)(C)C)C(C)C)[C@H](O)[C@@H](O)[C@@H]1O. The maximum atomic E-state index is 13.1. The Labute approximate surface area is 372 Å². The Morgan fingerprint density at radius 1 is 0.859 bits per heavy atom. The third-order valence-corrected chi connectivity index (χ3v) is 9.36. The Bertz CT molecular complexity index is 1710. The van der Waals surface area contributed by atoms with E-state index in [2.05, 4.69) is 37.4 Å². The van der Waals surface area contributed by atoms with Crippen LogP contribution in [0, 0.1) is 5.92 Å². The molecule has 1 unspecified atom stereocenters. The highest BCUT2D eigenvalue weighted by molar-refractivity contribution is 6.00. The summed E-state index contributed by atoms with van der Waals surface area (Å²) in [7, 11) is 1.35. The van der Waals surface area contributed by atoms with Gasteiger partial charge in [0.15, 0.2) is 6.29 Å². The number of nitrogens with two attached hydrogens (primary N) is 1. The second-order valence-electron chi connectivity index (χ2n) is 16.4. The molecule has 0 aliphatic carbocycles. The van der Waals surface area contributed by atoms with Crippen molar-refractivity contribution in [3.63, 3.8) is 0 Å². The molecule has 1 fully saturated rings. The number of nitrogens with one attached hydrogen (secondary N) is 7. The predicted octanol–water partition coefficient (Wildman–Crippen LogP) is -1.18. The van der Waals surface area contributed by atoms with Crippen molar-refractivity contribution < 1.29 is 72.6 Å². The Morgan fingerprint density at radius 2 is 1.56 bits per heavy atom. The van der Waals surface area contributed by atoms with Crippen LogP contribution in [-0.4, -0.2) is 151 Å². The van der Waals surface area contributed by atoms with Gasteiger partial charge in [0.25, 0.3) is 11.8 Å². The zero-order chi connectivity index (χ0) is 48.1. The molecule has 0 bridgehead atoms. The van der Waals surface area contributed by atoms with Gasteiger partial charge in [-0.2, -0.15) is 0 Å². The van der Waals surface area contributed by atoms with E-state index in [-0.39, 0.29) is 68.8 Å². The van der Waals surface area contributed by atoms with Crippen molar-refractivity contribution in [2.75, 3.05) is 45.3 Å². The third-order valence-electron chi connectivity index (χ3n) is 9.36. The maximum absolute atomic E-state index is 13.1. The topological polar surface area (TPSA) is 337 Å². The molecule has 2 rings (SSSR count). The number of hydrogen-bond acceptors (Lipinski definition) is 16. The van der Waals surface area contributed by atoms with Crippen molar-refractivity contribution in [2.45, 2.75) is 135 Å². The molecule has 0 aromatic heterocycles. The van der Waals surface area contributed by atoms with Crippen molar-refractivity contribution in [1.82, 2.24) is 32.1 Å². The van der Waals surface area contributed by atoms with Gasteiger partial charge in [0.1, 0.15) is 53.9 Å². The largest absolute Gasteiger partial charge is 0.496 e. The van der Waals surface area contributed by atoms with Crippen LogP contribution in [0.2, 0.25) is 0 Å². The number of ether oxygens (including phenoxy) is 5. The van der Waals surface area contributed by atoms with Crippen molar-refractivity contribution >= 4 is 47.2 Å². The summed E-state index contributed by atoms with van der Waals surface area (Å²) >= 11 is 0. The third kappa shape index (κ3) is 19.3. The molecule has 23 heteroatoms. The first-order valence-electron chi connectivity index (χ1n) is 21.1.